The third-order valence-electron chi connectivity index (χ3n) is 1.35. The van der Waals surface area contributed by atoms with Crippen molar-refractivity contribution in [3.05, 3.63) is 29.8 Å². The molecule has 1 aromatic rings. The van der Waals surface area contributed by atoms with Gasteiger partial charge >= 0.3 is 35.5 Å². The van der Waals surface area contributed by atoms with E-state index in [0.29, 0.717) is 12.2 Å². The third kappa shape index (κ3) is 3.81. The van der Waals surface area contributed by atoms with Crippen LogP contribution in [0.5, 0.6) is 5.75 Å². The molecule has 13 heavy (non-hydrogen) atoms. The molecule has 64 valence electrons. The first-order valence-electron chi connectivity index (χ1n) is 3.68. The second kappa shape index (κ2) is 6.02. The average Bonchev–Trinajstić information content (AvgIpc) is 2.05. The molecular weight excluding hydrogens is 179 g/mol. The summed E-state index contributed by atoms with van der Waals surface area (Å²) >= 11 is 0. The monoisotopic (exact) mass is 188 g/mol. The molecule has 0 aliphatic carbocycles. The van der Waals surface area contributed by atoms with E-state index in [1.165, 1.54) is 18.2 Å². The number of hydrogen-bond acceptors (Lipinski definition) is 3. The summed E-state index contributed by atoms with van der Waals surface area (Å²) in [7, 11) is 0. The summed E-state index contributed by atoms with van der Waals surface area (Å²) in [6.45, 7) is 2.04. The van der Waals surface area contributed by atoms with Crippen molar-refractivity contribution in [3.8, 4) is 5.75 Å². The standard InChI is InChI=1S/C9H10O3.Na/c1-2-12-9(11)7-4-3-5-8(10)6-7;/h3-6,10H,2H2,1H3;/q;+1/p-1. The number of carbonyl (C=O) groups excluding carboxylic acids is 1. The predicted molar refractivity (Wildman–Crippen MR) is 41.8 cm³/mol. The molecule has 0 atom stereocenters. The van der Waals surface area contributed by atoms with Gasteiger partial charge in [-0.05, 0) is 13.0 Å². The Morgan fingerprint density at radius 1 is 1.54 bits per heavy atom. The molecule has 0 radical (unpaired) electrons. The van der Waals surface area contributed by atoms with E-state index in [1.54, 1.807) is 13.0 Å². The zero-order valence-electron chi connectivity index (χ0n) is 7.74. The van der Waals surface area contributed by atoms with Crippen LogP contribution in [0.15, 0.2) is 24.3 Å². The molecule has 0 saturated heterocycles. The van der Waals surface area contributed by atoms with Gasteiger partial charge in [0, 0.05) is 0 Å². The molecule has 0 heterocycles. The molecule has 0 aliphatic rings. The number of hydrogen-bond donors (Lipinski definition) is 0. The van der Waals surface area contributed by atoms with Crippen LogP contribution >= 0.6 is 0 Å². The van der Waals surface area contributed by atoms with Crippen molar-refractivity contribution in [2.24, 2.45) is 0 Å². The molecule has 1 aromatic carbocycles. The van der Waals surface area contributed by atoms with Gasteiger partial charge in [0.15, 0.2) is 0 Å². The van der Waals surface area contributed by atoms with E-state index >= 15 is 0 Å². The van der Waals surface area contributed by atoms with Gasteiger partial charge < -0.3 is 9.84 Å². The Kier molecular flexibility index (Phi) is 5.79. The second-order valence-corrected chi connectivity index (χ2v) is 2.25. The summed E-state index contributed by atoms with van der Waals surface area (Å²) in [5.41, 5.74) is 0.310. The third-order valence-corrected chi connectivity index (χ3v) is 1.35. The Labute approximate surface area is 99.0 Å². The van der Waals surface area contributed by atoms with Crippen molar-refractivity contribution in [1.82, 2.24) is 0 Å². The summed E-state index contributed by atoms with van der Waals surface area (Å²) in [6.07, 6.45) is 0. The Hall–Kier alpha value is -0.510. The molecule has 4 heteroatoms. The molecule has 0 saturated carbocycles. The Balaban J connectivity index is 0.00000144. The summed E-state index contributed by atoms with van der Waals surface area (Å²) in [5.74, 6) is -0.629. The number of rotatable bonds is 2. The topological polar surface area (TPSA) is 49.4 Å². The second-order valence-electron chi connectivity index (χ2n) is 2.25. The first kappa shape index (κ1) is 12.5. The van der Waals surface area contributed by atoms with Gasteiger partial charge in [0.1, 0.15) is 0 Å². The average molecular weight is 188 g/mol. The maximum absolute atomic E-state index is 11.0. The van der Waals surface area contributed by atoms with Crippen LogP contribution in [0.2, 0.25) is 0 Å². The molecule has 1 rings (SSSR count). The zero-order chi connectivity index (χ0) is 8.97. The molecular formula is C9H9NaO3. The largest absolute Gasteiger partial charge is 1.00 e. The minimum absolute atomic E-state index is 0. The van der Waals surface area contributed by atoms with Crippen LogP contribution in [0.3, 0.4) is 0 Å². The minimum atomic E-state index is -0.449. The van der Waals surface area contributed by atoms with Gasteiger partial charge in [-0.3, -0.25) is 0 Å². The number of esters is 1. The van der Waals surface area contributed by atoms with Crippen LogP contribution in [0.1, 0.15) is 17.3 Å². The van der Waals surface area contributed by atoms with Crippen molar-refractivity contribution in [1.29, 1.82) is 0 Å². The molecule has 3 nitrogen and oxygen atoms in total. The number of benzene rings is 1. The van der Waals surface area contributed by atoms with Crippen LogP contribution in [0.25, 0.3) is 0 Å². The first-order valence-corrected chi connectivity index (χ1v) is 3.68. The first-order chi connectivity index (χ1) is 5.74. The van der Waals surface area contributed by atoms with E-state index in [2.05, 4.69) is 0 Å². The fourth-order valence-corrected chi connectivity index (χ4v) is 0.838. The maximum Gasteiger partial charge on any atom is 1.00 e. The smallest absolute Gasteiger partial charge is 0.872 e. The van der Waals surface area contributed by atoms with Crippen LogP contribution in [-0.2, 0) is 4.74 Å². The van der Waals surface area contributed by atoms with Crippen LogP contribution in [0, 0.1) is 0 Å². The van der Waals surface area contributed by atoms with Gasteiger partial charge in [0.05, 0.1) is 12.2 Å². The van der Waals surface area contributed by atoms with Crippen molar-refractivity contribution in [2.45, 2.75) is 6.92 Å². The summed E-state index contributed by atoms with van der Waals surface area (Å²) < 4.78 is 4.71. The maximum atomic E-state index is 11.0. The molecule has 0 fully saturated rings. The van der Waals surface area contributed by atoms with E-state index in [0.717, 1.165) is 0 Å². The van der Waals surface area contributed by atoms with Crippen molar-refractivity contribution in [3.63, 3.8) is 0 Å². The van der Waals surface area contributed by atoms with E-state index < -0.39 is 5.97 Å². The van der Waals surface area contributed by atoms with Gasteiger partial charge in [-0.25, -0.2) is 4.79 Å². The van der Waals surface area contributed by atoms with Gasteiger partial charge in [-0.2, -0.15) is 0 Å². The summed E-state index contributed by atoms with van der Waals surface area (Å²) in [6, 6.07) is 5.74. The van der Waals surface area contributed by atoms with Crippen molar-refractivity contribution >= 4 is 5.97 Å². The van der Waals surface area contributed by atoms with Crippen molar-refractivity contribution in [2.75, 3.05) is 6.61 Å². The Morgan fingerprint density at radius 2 is 2.23 bits per heavy atom. The molecule has 0 spiro atoms. The molecule has 0 amide bonds. The molecule has 0 bridgehead atoms. The van der Waals surface area contributed by atoms with Crippen LogP contribution in [0.4, 0.5) is 0 Å². The number of ether oxygens (including phenoxy) is 1. The Bertz CT molecular complexity index is 286. The molecule has 0 N–H and O–H groups in total. The van der Waals surface area contributed by atoms with Gasteiger partial charge in [0.25, 0.3) is 0 Å². The molecule has 0 aliphatic heterocycles. The fraction of sp³-hybridized carbons (Fsp3) is 0.222. The number of carbonyl (C=O) groups is 1. The minimum Gasteiger partial charge on any atom is -0.872 e. The quantitative estimate of drug-likeness (QED) is 0.396. The normalized spacial score (nSPS) is 8.69. The zero-order valence-corrected chi connectivity index (χ0v) is 9.74. The van der Waals surface area contributed by atoms with Gasteiger partial charge in [0.2, 0.25) is 0 Å². The van der Waals surface area contributed by atoms with E-state index in [4.69, 9.17) is 4.74 Å². The van der Waals surface area contributed by atoms with Crippen LogP contribution in [-0.4, -0.2) is 12.6 Å². The van der Waals surface area contributed by atoms with Crippen LogP contribution < -0.4 is 34.7 Å². The van der Waals surface area contributed by atoms with E-state index in [9.17, 15) is 9.90 Å². The Morgan fingerprint density at radius 3 is 2.77 bits per heavy atom. The van der Waals surface area contributed by atoms with E-state index in [1.807, 2.05) is 0 Å². The SMILES string of the molecule is CCOC(=O)c1cccc([O-])c1.[Na+]. The van der Waals surface area contributed by atoms with Gasteiger partial charge in [-0.1, -0.05) is 18.2 Å². The molecule has 0 unspecified atom stereocenters. The molecule has 0 aromatic heterocycles. The predicted octanol–water partition coefficient (Wildman–Crippen LogP) is -2.06. The van der Waals surface area contributed by atoms with Gasteiger partial charge in [-0.15, -0.1) is 5.75 Å². The fourth-order valence-electron chi connectivity index (χ4n) is 0.838. The summed E-state index contributed by atoms with van der Waals surface area (Å²) in [4.78, 5) is 11.0. The van der Waals surface area contributed by atoms with Crippen molar-refractivity contribution < 1.29 is 44.2 Å². The van der Waals surface area contributed by atoms with E-state index in [-0.39, 0.29) is 35.3 Å². The summed E-state index contributed by atoms with van der Waals surface area (Å²) in [5, 5.41) is 10.8.